The minimum atomic E-state index is -0.910. The number of aliphatic hydroxyl groups is 1. The molecule has 1 amide bonds. The topological polar surface area (TPSA) is 86.6 Å². The van der Waals surface area contributed by atoms with Crippen molar-refractivity contribution in [2.45, 2.75) is 31.9 Å². The molecule has 0 aliphatic heterocycles. The molecule has 1 aliphatic rings. The number of carbonyl (C=O) groups is 2. The lowest BCUT2D eigenvalue weighted by Gasteiger charge is -2.14. The number of aliphatic carboxylic acids is 1. The van der Waals surface area contributed by atoms with Gasteiger partial charge in [-0.15, -0.1) is 0 Å². The molecule has 0 aromatic rings. The van der Waals surface area contributed by atoms with Crippen LogP contribution in [0, 0.1) is 5.92 Å². The number of rotatable bonds is 2. The molecule has 0 radical (unpaired) electrons. The molecule has 3 unspecified atom stereocenters. The average molecular weight is 187 g/mol. The van der Waals surface area contributed by atoms with E-state index in [-0.39, 0.29) is 12.3 Å². The first-order chi connectivity index (χ1) is 6.00. The van der Waals surface area contributed by atoms with Crippen molar-refractivity contribution in [1.29, 1.82) is 0 Å². The van der Waals surface area contributed by atoms with Crippen LogP contribution in [0.15, 0.2) is 0 Å². The summed E-state index contributed by atoms with van der Waals surface area (Å²) < 4.78 is 0. The molecule has 3 atom stereocenters. The Hall–Kier alpha value is -1.10. The summed E-state index contributed by atoms with van der Waals surface area (Å²) in [6.07, 6.45) is -0.193. The maximum atomic E-state index is 10.7. The third kappa shape index (κ3) is 2.42. The second kappa shape index (κ2) is 3.74. The number of carboxylic acids is 1. The van der Waals surface area contributed by atoms with E-state index in [2.05, 4.69) is 5.32 Å². The molecule has 0 heterocycles. The summed E-state index contributed by atoms with van der Waals surface area (Å²) in [5.74, 6) is -1.69. The fourth-order valence-electron chi connectivity index (χ4n) is 1.63. The summed E-state index contributed by atoms with van der Waals surface area (Å²) >= 11 is 0. The van der Waals surface area contributed by atoms with E-state index in [9.17, 15) is 14.7 Å². The van der Waals surface area contributed by atoms with Gasteiger partial charge in [-0.25, -0.2) is 0 Å². The molecule has 1 fully saturated rings. The van der Waals surface area contributed by atoms with Gasteiger partial charge in [0, 0.05) is 6.92 Å². The zero-order chi connectivity index (χ0) is 10.0. The molecule has 1 rings (SSSR count). The first-order valence-corrected chi connectivity index (χ1v) is 4.18. The van der Waals surface area contributed by atoms with E-state index in [1.807, 2.05) is 0 Å². The molecule has 3 N–H and O–H groups in total. The first kappa shape index (κ1) is 9.98. The Labute approximate surface area is 75.7 Å². The predicted octanol–water partition coefficient (Wildman–Crippen LogP) is -0.653. The normalized spacial score (nSPS) is 32.9. The van der Waals surface area contributed by atoms with Crippen molar-refractivity contribution >= 4 is 11.9 Å². The Kier molecular flexibility index (Phi) is 2.87. The van der Waals surface area contributed by atoms with Crippen molar-refractivity contribution in [2.75, 3.05) is 0 Å². The predicted molar refractivity (Wildman–Crippen MR) is 44.0 cm³/mol. The summed E-state index contributed by atoms with van der Waals surface area (Å²) in [5, 5.41) is 20.6. The van der Waals surface area contributed by atoms with Crippen molar-refractivity contribution in [3.05, 3.63) is 0 Å². The Morgan fingerprint density at radius 3 is 2.38 bits per heavy atom. The van der Waals surface area contributed by atoms with E-state index in [4.69, 9.17) is 5.11 Å². The van der Waals surface area contributed by atoms with Crippen LogP contribution in [-0.4, -0.2) is 34.2 Å². The lowest BCUT2D eigenvalue weighted by Crippen LogP contribution is -2.38. The maximum Gasteiger partial charge on any atom is 0.306 e. The van der Waals surface area contributed by atoms with Gasteiger partial charge >= 0.3 is 5.97 Å². The minimum Gasteiger partial charge on any atom is -0.481 e. The van der Waals surface area contributed by atoms with E-state index in [1.54, 1.807) is 0 Å². The lowest BCUT2D eigenvalue weighted by atomic mass is 10.1. The van der Waals surface area contributed by atoms with E-state index in [0.29, 0.717) is 6.42 Å². The van der Waals surface area contributed by atoms with Crippen molar-refractivity contribution in [2.24, 2.45) is 5.92 Å². The van der Waals surface area contributed by atoms with Gasteiger partial charge in [0.2, 0.25) is 5.91 Å². The summed E-state index contributed by atoms with van der Waals surface area (Å²) in [6.45, 7) is 1.35. The molecule has 5 heteroatoms. The molecule has 0 spiro atoms. The molecule has 0 saturated heterocycles. The van der Waals surface area contributed by atoms with Crippen LogP contribution in [0.3, 0.4) is 0 Å². The van der Waals surface area contributed by atoms with Crippen LogP contribution in [0.4, 0.5) is 0 Å². The van der Waals surface area contributed by atoms with Gasteiger partial charge in [-0.05, 0) is 12.8 Å². The number of carboxylic acid groups (broad SMARTS) is 1. The molecule has 1 saturated carbocycles. The Bertz CT molecular complexity index is 228. The minimum absolute atomic E-state index is 0.223. The van der Waals surface area contributed by atoms with Gasteiger partial charge in [-0.3, -0.25) is 9.59 Å². The first-order valence-electron chi connectivity index (χ1n) is 4.18. The van der Waals surface area contributed by atoms with Gasteiger partial charge in [0.05, 0.1) is 18.1 Å². The molecular weight excluding hydrogens is 174 g/mol. The molecule has 74 valence electrons. The van der Waals surface area contributed by atoms with Crippen molar-refractivity contribution in [3.8, 4) is 0 Å². The maximum absolute atomic E-state index is 10.7. The average Bonchev–Trinajstić information content (AvgIpc) is 2.31. The fourth-order valence-corrected chi connectivity index (χ4v) is 1.63. The molecule has 13 heavy (non-hydrogen) atoms. The Balaban J connectivity index is 2.51. The molecule has 0 aromatic carbocycles. The highest BCUT2D eigenvalue weighted by Crippen LogP contribution is 2.26. The Morgan fingerprint density at radius 2 is 2.00 bits per heavy atom. The van der Waals surface area contributed by atoms with Crippen LogP contribution in [-0.2, 0) is 9.59 Å². The second-order valence-corrected chi connectivity index (χ2v) is 3.38. The van der Waals surface area contributed by atoms with Crippen molar-refractivity contribution in [3.63, 3.8) is 0 Å². The van der Waals surface area contributed by atoms with Crippen LogP contribution < -0.4 is 5.32 Å². The van der Waals surface area contributed by atoms with Gasteiger partial charge in [-0.2, -0.15) is 0 Å². The largest absolute Gasteiger partial charge is 0.481 e. The molecule has 5 nitrogen and oxygen atoms in total. The number of nitrogens with one attached hydrogen (secondary N) is 1. The SMILES string of the molecule is CC(=O)NC1CC(C(=O)O)CC1O. The highest BCUT2D eigenvalue weighted by molar-refractivity contribution is 5.74. The molecule has 0 aromatic heterocycles. The highest BCUT2D eigenvalue weighted by Gasteiger charge is 2.37. The van der Waals surface area contributed by atoms with Crippen molar-refractivity contribution < 1.29 is 19.8 Å². The third-order valence-electron chi connectivity index (χ3n) is 2.27. The van der Waals surface area contributed by atoms with Crippen LogP contribution in [0.1, 0.15) is 19.8 Å². The smallest absolute Gasteiger partial charge is 0.306 e. The van der Waals surface area contributed by atoms with E-state index in [1.165, 1.54) is 6.92 Å². The number of hydrogen-bond acceptors (Lipinski definition) is 3. The Morgan fingerprint density at radius 1 is 1.38 bits per heavy atom. The number of amides is 1. The molecule has 1 aliphatic carbocycles. The number of hydrogen-bond donors (Lipinski definition) is 3. The zero-order valence-corrected chi connectivity index (χ0v) is 7.36. The van der Waals surface area contributed by atoms with Crippen LogP contribution in [0.5, 0.6) is 0 Å². The van der Waals surface area contributed by atoms with Crippen LogP contribution in [0.2, 0.25) is 0 Å². The standard InChI is InChI=1S/C8H13NO4/c1-4(10)9-6-2-5(8(12)13)3-7(6)11/h5-7,11H,2-3H2,1H3,(H,9,10)(H,12,13). The van der Waals surface area contributed by atoms with E-state index >= 15 is 0 Å². The van der Waals surface area contributed by atoms with E-state index in [0.717, 1.165) is 0 Å². The molecular formula is C8H13NO4. The summed E-state index contributed by atoms with van der Waals surface area (Å²) in [7, 11) is 0. The monoisotopic (exact) mass is 187 g/mol. The van der Waals surface area contributed by atoms with Gasteiger partial charge in [-0.1, -0.05) is 0 Å². The van der Waals surface area contributed by atoms with E-state index < -0.39 is 24.0 Å². The summed E-state index contributed by atoms with van der Waals surface area (Å²) in [5.41, 5.74) is 0. The fraction of sp³-hybridized carbons (Fsp3) is 0.750. The van der Waals surface area contributed by atoms with Gasteiger partial charge in [0.15, 0.2) is 0 Å². The zero-order valence-electron chi connectivity index (χ0n) is 7.36. The second-order valence-electron chi connectivity index (χ2n) is 3.38. The van der Waals surface area contributed by atoms with Crippen LogP contribution >= 0.6 is 0 Å². The van der Waals surface area contributed by atoms with Crippen molar-refractivity contribution in [1.82, 2.24) is 5.32 Å². The van der Waals surface area contributed by atoms with Crippen LogP contribution in [0.25, 0.3) is 0 Å². The third-order valence-corrected chi connectivity index (χ3v) is 2.27. The summed E-state index contributed by atoms with van der Waals surface area (Å²) in [6, 6.07) is -0.404. The molecule has 0 bridgehead atoms. The lowest BCUT2D eigenvalue weighted by molar-refractivity contribution is -0.141. The summed E-state index contributed by atoms with van der Waals surface area (Å²) in [4.78, 5) is 21.2. The van der Waals surface area contributed by atoms with Gasteiger partial charge in [0.25, 0.3) is 0 Å². The van der Waals surface area contributed by atoms with Gasteiger partial charge < -0.3 is 15.5 Å². The number of carbonyl (C=O) groups excluding carboxylic acids is 1. The number of aliphatic hydroxyl groups excluding tert-OH is 1. The highest BCUT2D eigenvalue weighted by atomic mass is 16.4. The quantitative estimate of drug-likeness (QED) is 0.536. The van der Waals surface area contributed by atoms with Gasteiger partial charge in [0.1, 0.15) is 0 Å².